The highest BCUT2D eigenvalue weighted by Gasteiger charge is 2.28. The van der Waals surface area contributed by atoms with Crippen LogP contribution in [0, 0.1) is 13.8 Å². The Kier molecular flexibility index (Phi) is 5.99. The third kappa shape index (κ3) is 4.14. The third-order valence-corrected chi connectivity index (χ3v) is 5.30. The lowest BCUT2D eigenvalue weighted by Gasteiger charge is -2.29. The number of nitrogens with zero attached hydrogens (tertiary/aromatic N) is 1. The van der Waals surface area contributed by atoms with Crippen LogP contribution in [0.4, 0.5) is 5.00 Å². The van der Waals surface area contributed by atoms with Crippen molar-refractivity contribution in [1.82, 2.24) is 4.90 Å². The number of likely N-dealkylation sites (tertiary alicyclic amines) is 1. The molecular formula is C17H24N2O4S. The van der Waals surface area contributed by atoms with Crippen LogP contribution in [0.1, 0.15) is 53.9 Å². The van der Waals surface area contributed by atoms with E-state index in [9.17, 15) is 14.4 Å². The maximum absolute atomic E-state index is 12.5. The summed E-state index contributed by atoms with van der Waals surface area (Å²) in [4.78, 5) is 39.0. The highest BCUT2D eigenvalue weighted by molar-refractivity contribution is 7.16. The van der Waals surface area contributed by atoms with Gasteiger partial charge in [0.1, 0.15) is 5.00 Å². The highest BCUT2D eigenvalue weighted by atomic mass is 32.1. The van der Waals surface area contributed by atoms with Crippen molar-refractivity contribution >= 4 is 34.1 Å². The second-order valence-corrected chi connectivity index (χ2v) is 7.33. The van der Waals surface area contributed by atoms with Gasteiger partial charge < -0.3 is 15.0 Å². The molecule has 1 atom stereocenters. The minimum Gasteiger partial charge on any atom is -0.449 e. The summed E-state index contributed by atoms with van der Waals surface area (Å²) in [6.07, 6.45) is 2.27. The van der Waals surface area contributed by atoms with E-state index in [2.05, 4.69) is 5.32 Å². The molecule has 2 heterocycles. The number of anilines is 1. The second kappa shape index (κ2) is 7.79. The smallest absolute Gasteiger partial charge is 0.342 e. The van der Waals surface area contributed by atoms with Gasteiger partial charge in [-0.15, -0.1) is 11.3 Å². The van der Waals surface area contributed by atoms with Crippen molar-refractivity contribution in [3.05, 3.63) is 16.0 Å². The standard InChI is InChI=1S/C17H24N2O4S/c1-10-12(3)24-15(18-13(4)20)14(10)17(22)23-11(2)16(21)19-8-6-5-7-9-19/h11H,5-9H2,1-4H3,(H,18,20)/t11-/m1/s1. The van der Waals surface area contributed by atoms with Gasteiger partial charge in [-0.3, -0.25) is 9.59 Å². The van der Waals surface area contributed by atoms with Gasteiger partial charge >= 0.3 is 5.97 Å². The van der Waals surface area contributed by atoms with E-state index in [1.165, 1.54) is 18.3 Å². The molecule has 2 rings (SSSR count). The first-order valence-electron chi connectivity index (χ1n) is 8.18. The van der Waals surface area contributed by atoms with Crippen molar-refractivity contribution in [3.8, 4) is 0 Å². The first kappa shape index (κ1) is 18.4. The van der Waals surface area contributed by atoms with E-state index in [0.717, 1.165) is 29.7 Å². The molecule has 0 radical (unpaired) electrons. The summed E-state index contributed by atoms with van der Waals surface area (Å²) in [5.41, 5.74) is 1.11. The molecule has 0 aliphatic carbocycles. The molecule has 0 unspecified atom stereocenters. The van der Waals surface area contributed by atoms with Crippen molar-refractivity contribution in [2.75, 3.05) is 18.4 Å². The fourth-order valence-electron chi connectivity index (χ4n) is 2.76. The number of nitrogens with one attached hydrogen (secondary N) is 1. The van der Waals surface area contributed by atoms with Crippen LogP contribution >= 0.6 is 11.3 Å². The summed E-state index contributed by atoms with van der Waals surface area (Å²) in [6.45, 7) is 8.11. The Morgan fingerprint density at radius 1 is 1.17 bits per heavy atom. The predicted octanol–water partition coefficient (Wildman–Crippen LogP) is 2.88. The first-order chi connectivity index (χ1) is 11.3. The Balaban J connectivity index is 2.11. The van der Waals surface area contributed by atoms with Crippen LogP contribution in [-0.2, 0) is 14.3 Å². The van der Waals surface area contributed by atoms with Crippen LogP contribution in [0.15, 0.2) is 0 Å². The Morgan fingerprint density at radius 3 is 2.38 bits per heavy atom. The molecule has 1 N–H and O–H groups in total. The lowest BCUT2D eigenvalue weighted by Crippen LogP contribution is -2.42. The van der Waals surface area contributed by atoms with Crippen molar-refractivity contribution in [1.29, 1.82) is 0 Å². The number of hydrogen-bond donors (Lipinski definition) is 1. The van der Waals surface area contributed by atoms with Gasteiger partial charge in [0.2, 0.25) is 5.91 Å². The summed E-state index contributed by atoms with van der Waals surface area (Å²) >= 11 is 1.33. The van der Waals surface area contributed by atoms with E-state index >= 15 is 0 Å². The average molecular weight is 352 g/mol. The number of carbonyl (C=O) groups is 3. The topological polar surface area (TPSA) is 75.7 Å². The SMILES string of the molecule is CC(=O)Nc1sc(C)c(C)c1C(=O)O[C@H](C)C(=O)N1CCCCC1. The van der Waals surface area contributed by atoms with Crippen LogP contribution in [0.5, 0.6) is 0 Å². The summed E-state index contributed by atoms with van der Waals surface area (Å²) in [5, 5.41) is 3.14. The molecule has 1 aromatic heterocycles. The summed E-state index contributed by atoms with van der Waals surface area (Å²) < 4.78 is 5.39. The fourth-order valence-corrected chi connectivity index (χ4v) is 3.86. The van der Waals surface area contributed by atoms with Crippen LogP contribution in [0.3, 0.4) is 0 Å². The van der Waals surface area contributed by atoms with E-state index in [-0.39, 0.29) is 11.8 Å². The molecule has 0 spiro atoms. The van der Waals surface area contributed by atoms with Crippen molar-refractivity contribution < 1.29 is 19.1 Å². The minimum absolute atomic E-state index is 0.159. The molecule has 1 aromatic rings. The zero-order valence-electron chi connectivity index (χ0n) is 14.6. The number of aryl methyl sites for hydroxylation is 1. The summed E-state index contributed by atoms with van der Waals surface area (Å²) in [5.74, 6) is -0.977. The maximum Gasteiger partial charge on any atom is 0.342 e. The summed E-state index contributed by atoms with van der Waals surface area (Å²) in [7, 11) is 0. The van der Waals surface area contributed by atoms with Gasteiger partial charge in [0.25, 0.3) is 5.91 Å². The van der Waals surface area contributed by atoms with E-state index in [1.54, 1.807) is 11.8 Å². The molecular weight excluding hydrogens is 328 g/mol. The number of carbonyl (C=O) groups excluding carboxylic acids is 3. The van der Waals surface area contributed by atoms with Crippen molar-refractivity contribution in [2.24, 2.45) is 0 Å². The molecule has 1 aliphatic rings. The van der Waals surface area contributed by atoms with E-state index < -0.39 is 12.1 Å². The number of esters is 1. The van der Waals surface area contributed by atoms with Gasteiger partial charge in [-0.2, -0.15) is 0 Å². The number of thiophene rings is 1. The molecule has 0 aromatic carbocycles. The highest BCUT2D eigenvalue weighted by Crippen LogP contribution is 2.33. The maximum atomic E-state index is 12.5. The zero-order valence-corrected chi connectivity index (χ0v) is 15.4. The van der Waals surface area contributed by atoms with Gasteiger partial charge in [-0.25, -0.2) is 4.79 Å². The molecule has 0 saturated carbocycles. The van der Waals surface area contributed by atoms with Crippen LogP contribution < -0.4 is 5.32 Å². The Labute approximate surface area is 146 Å². The molecule has 7 heteroatoms. The number of rotatable bonds is 4. The average Bonchev–Trinajstić information content (AvgIpc) is 2.80. The van der Waals surface area contributed by atoms with E-state index in [4.69, 9.17) is 4.74 Å². The number of ether oxygens (including phenoxy) is 1. The van der Waals surface area contributed by atoms with Crippen LogP contribution in [0.2, 0.25) is 0 Å². The van der Waals surface area contributed by atoms with Gasteiger partial charge in [-0.05, 0) is 45.6 Å². The van der Waals surface area contributed by atoms with Crippen LogP contribution in [-0.4, -0.2) is 41.9 Å². The predicted molar refractivity (Wildman–Crippen MR) is 93.4 cm³/mol. The van der Waals surface area contributed by atoms with Gasteiger partial charge in [0.15, 0.2) is 6.10 Å². The number of hydrogen-bond acceptors (Lipinski definition) is 5. The molecule has 0 bridgehead atoms. The molecule has 6 nitrogen and oxygen atoms in total. The van der Waals surface area contributed by atoms with Gasteiger partial charge in [-0.1, -0.05) is 0 Å². The van der Waals surface area contributed by atoms with Crippen molar-refractivity contribution in [2.45, 2.75) is 53.1 Å². The number of piperidine rings is 1. The van der Waals surface area contributed by atoms with Crippen LogP contribution in [0.25, 0.3) is 0 Å². The summed E-state index contributed by atoms with van der Waals surface area (Å²) in [6, 6.07) is 0. The molecule has 1 aliphatic heterocycles. The minimum atomic E-state index is -0.833. The first-order valence-corrected chi connectivity index (χ1v) is 9.00. The lowest BCUT2D eigenvalue weighted by atomic mass is 10.1. The van der Waals surface area contributed by atoms with Gasteiger partial charge in [0, 0.05) is 24.9 Å². The largest absolute Gasteiger partial charge is 0.449 e. The Bertz CT molecular complexity index is 647. The Hall–Kier alpha value is -1.89. The monoisotopic (exact) mass is 352 g/mol. The molecule has 24 heavy (non-hydrogen) atoms. The van der Waals surface area contributed by atoms with Gasteiger partial charge in [0.05, 0.1) is 5.56 Å². The number of amides is 2. The molecule has 1 saturated heterocycles. The normalized spacial score (nSPS) is 15.8. The molecule has 1 fully saturated rings. The quantitative estimate of drug-likeness (QED) is 0.846. The van der Waals surface area contributed by atoms with E-state index in [1.807, 2.05) is 13.8 Å². The second-order valence-electron chi connectivity index (χ2n) is 6.10. The molecule has 132 valence electrons. The zero-order chi connectivity index (χ0) is 17.9. The molecule has 2 amide bonds. The van der Waals surface area contributed by atoms with Crippen molar-refractivity contribution in [3.63, 3.8) is 0 Å². The third-order valence-electron chi connectivity index (χ3n) is 4.18. The van der Waals surface area contributed by atoms with E-state index in [0.29, 0.717) is 23.7 Å². The lowest BCUT2D eigenvalue weighted by molar-refractivity contribution is -0.140. The fraction of sp³-hybridized carbons (Fsp3) is 0.588. The Morgan fingerprint density at radius 2 is 1.79 bits per heavy atom.